The van der Waals surface area contributed by atoms with Gasteiger partial charge < -0.3 is 10.0 Å². The van der Waals surface area contributed by atoms with Gasteiger partial charge >= 0.3 is 0 Å². The second-order valence-corrected chi connectivity index (χ2v) is 7.37. The van der Waals surface area contributed by atoms with Crippen molar-refractivity contribution in [2.45, 2.75) is 32.2 Å². The van der Waals surface area contributed by atoms with Gasteiger partial charge in [-0.1, -0.05) is 30.3 Å². The van der Waals surface area contributed by atoms with Gasteiger partial charge in [0.1, 0.15) is 5.75 Å². The fraction of sp³-hybridized carbons (Fsp3) is 0.476. The molecule has 2 saturated heterocycles. The lowest BCUT2D eigenvalue weighted by atomic mass is 9.94. The van der Waals surface area contributed by atoms with Crippen LogP contribution in [0.1, 0.15) is 31.2 Å². The number of nitrogens with zero attached hydrogens (tertiary/aromatic N) is 2. The van der Waals surface area contributed by atoms with E-state index in [9.17, 15) is 9.90 Å². The van der Waals surface area contributed by atoms with Crippen LogP contribution in [0.5, 0.6) is 5.75 Å². The Morgan fingerprint density at radius 3 is 2.48 bits per heavy atom. The third-order valence-electron chi connectivity index (χ3n) is 5.75. The molecule has 0 aliphatic carbocycles. The van der Waals surface area contributed by atoms with Gasteiger partial charge in [0, 0.05) is 31.1 Å². The van der Waals surface area contributed by atoms with Crippen molar-refractivity contribution in [3.8, 4) is 5.75 Å². The molecule has 0 bridgehead atoms. The molecule has 0 spiro atoms. The number of carbonyl (C=O) groups is 1. The molecule has 4 rings (SSSR count). The van der Waals surface area contributed by atoms with Gasteiger partial charge in [-0.05, 0) is 55.6 Å². The lowest BCUT2D eigenvalue weighted by molar-refractivity contribution is -0.136. The standard InChI is InChI=1S/C21H26N2O2/c24-20-8-7-16-5-1-2-6-18(16)19(20)15-22-13-9-17(10-14-22)21(25)23-11-3-4-12-23/h1-2,5-8,17,24H,3-4,9-15H2. The number of fused-ring (bicyclic) bond motifs is 1. The maximum absolute atomic E-state index is 12.6. The van der Waals surface area contributed by atoms with Crippen molar-refractivity contribution >= 4 is 16.7 Å². The molecule has 4 nitrogen and oxygen atoms in total. The lowest BCUT2D eigenvalue weighted by Crippen LogP contribution is -2.41. The Balaban J connectivity index is 1.42. The van der Waals surface area contributed by atoms with Crippen LogP contribution in [0, 0.1) is 5.92 Å². The highest BCUT2D eigenvalue weighted by atomic mass is 16.3. The molecule has 0 saturated carbocycles. The van der Waals surface area contributed by atoms with Crippen LogP contribution in [0.2, 0.25) is 0 Å². The first-order valence-corrected chi connectivity index (χ1v) is 9.43. The van der Waals surface area contributed by atoms with Crippen molar-refractivity contribution in [2.75, 3.05) is 26.2 Å². The summed E-state index contributed by atoms with van der Waals surface area (Å²) >= 11 is 0. The highest BCUT2D eigenvalue weighted by Gasteiger charge is 2.30. The molecule has 0 radical (unpaired) electrons. The Morgan fingerprint density at radius 1 is 1.00 bits per heavy atom. The highest BCUT2D eigenvalue weighted by molar-refractivity contribution is 5.87. The minimum atomic E-state index is 0.190. The van der Waals surface area contributed by atoms with Crippen molar-refractivity contribution < 1.29 is 9.90 Å². The number of piperidine rings is 1. The fourth-order valence-corrected chi connectivity index (χ4v) is 4.25. The van der Waals surface area contributed by atoms with Gasteiger partial charge in [-0.3, -0.25) is 9.69 Å². The number of phenols is 1. The molecular formula is C21H26N2O2. The number of aromatic hydroxyl groups is 1. The average molecular weight is 338 g/mol. The van der Waals surface area contributed by atoms with E-state index in [1.807, 2.05) is 18.2 Å². The van der Waals surface area contributed by atoms with Gasteiger partial charge in [0.2, 0.25) is 5.91 Å². The summed E-state index contributed by atoms with van der Waals surface area (Å²) in [5.74, 6) is 0.926. The summed E-state index contributed by atoms with van der Waals surface area (Å²) in [6.07, 6.45) is 4.18. The quantitative estimate of drug-likeness (QED) is 0.933. The number of benzene rings is 2. The van der Waals surface area contributed by atoms with E-state index < -0.39 is 0 Å². The molecule has 2 heterocycles. The molecule has 25 heavy (non-hydrogen) atoms. The number of phenolic OH excluding ortho intramolecular Hbond substituents is 1. The van der Waals surface area contributed by atoms with Crippen LogP contribution in [0.4, 0.5) is 0 Å². The number of amides is 1. The zero-order chi connectivity index (χ0) is 17.2. The van der Waals surface area contributed by atoms with Crippen LogP contribution in [0.25, 0.3) is 10.8 Å². The monoisotopic (exact) mass is 338 g/mol. The van der Waals surface area contributed by atoms with E-state index in [1.54, 1.807) is 6.07 Å². The van der Waals surface area contributed by atoms with E-state index in [0.29, 0.717) is 11.7 Å². The van der Waals surface area contributed by atoms with Crippen LogP contribution in [-0.2, 0) is 11.3 Å². The van der Waals surface area contributed by atoms with E-state index in [0.717, 1.165) is 74.7 Å². The average Bonchev–Trinajstić information content (AvgIpc) is 3.19. The largest absolute Gasteiger partial charge is 0.508 e. The Labute approximate surface area is 149 Å². The molecule has 2 aliphatic heterocycles. The molecule has 2 fully saturated rings. The number of hydrogen-bond donors (Lipinski definition) is 1. The predicted octanol–water partition coefficient (Wildman–Crippen LogP) is 3.38. The normalized spacial score (nSPS) is 19.6. The lowest BCUT2D eigenvalue weighted by Gasteiger charge is -2.33. The number of hydrogen-bond acceptors (Lipinski definition) is 3. The highest BCUT2D eigenvalue weighted by Crippen LogP contribution is 2.30. The Hall–Kier alpha value is -2.07. The Kier molecular flexibility index (Phi) is 4.62. The second kappa shape index (κ2) is 7.04. The molecule has 0 aromatic heterocycles. The zero-order valence-corrected chi connectivity index (χ0v) is 14.7. The van der Waals surface area contributed by atoms with Gasteiger partial charge in [-0.2, -0.15) is 0 Å². The van der Waals surface area contributed by atoms with Gasteiger partial charge in [0.25, 0.3) is 0 Å². The van der Waals surface area contributed by atoms with E-state index in [4.69, 9.17) is 0 Å². The third-order valence-corrected chi connectivity index (χ3v) is 5.75. The Bertz CT molecular complexity index is 760. The number of carbonyl (C=O) groups excluding carboxylic acids is 1. The van der Waals surface area contributed by atoms with Crippen LogP contribution >= 0.6 is 0 Å². The van der Waals surface area contributed by atoms with Gasteiger partial charge in [-0.25, -0.2) is 0 Å². The minimum Gasteiger partial charge on any atom is -0.508 e. The molecule has 0 atom stereocenters. The molecule has 0 unspecified atom stereocenters. The summed E-state index contributed by atoms with van der Waals surface area (Å²) in [6, 6.07) is 12.0. The van der Waals surface area contributed by atoms with Crippen molar-refractivity contribution in [3.63, 3.8) is 0 Å². The maximum atomic E-state index is 12.6. The van der Waals surface area contributed by atoms with Crippen LogP contribution < -0.4 is 0 Å². The first-order chi connectivity index (χ1) is 12.2. The number of rotatable bonds is 3. The SMILES string of the molecule is O=C(C1CCN(Cc2c(O)ccc3ccccc23)CC1)N1CCCC1. The van der Waals surface area contributed by atoms with Crippen molar-refractivity contribution in [3.05, 3.63) is 42.0 Å². The van der Waals surface area contributed by atoms with Crippen molar-refractivity contribution in [2.24, 2.45) is 5.92 Å². The zero-order valence-electron chi connectivity index (χ0n) is 14.7. The first kappa shape index (κ1) is 16.4. The molecule has 2 aromatic carbocycles. The molecule has 1 amide bonds. The molecular weight excluding hydrogens is 312 g/mol. The first-order valence-electron chi connectivity index (χ1n) is 9.43. The summed E-state index contributed by atoms with van der Waals surface area (Å²) in [5, 5.41) is 12.6. The van der Waals surface area contributed by atoms with Crippen LogP contribution in [0.3, 0.4) is 0 Å². The summed E-state index contributed by atoms with van der Waals surface area (Å²) in [7, 11) is 0. The second-order valence-electron chi connectivity index (χ2n) is 7.37. The third kappa shape index (κ3) is 3.36. The van der Waals surface area contributed by atoms with Crippen molar-refractivity contribution in [1.82, 2.24) is 9.80 Å². The van der Waals surface area contributed by atoms with E-state index >= 15 is 0 Å². The molecule has 132 valence electrons. The van der Waals surface area contributed by atoms with Crippen LogP contribution in [0.15, 0.2) is 36.4 Å². The summed E-state index contributed by atoms with van der Waals surface area (Å²) < 4.78 is 0. The van der Waals surface area contributed by atoms with Gasteiger partial charge in [0.05, 0.1) is 0 Å². The van der Waals surface area contributed by atoms with Crippen LogP contribution in [-0.4, -0.2) is 47.0 Å². The summed E-state index contributed by atoms with van der Waals surface area (Å²) in [4.78, 5) is 17.0. The van der Waals surface area contributed by atoms with E-state index in [-0.39, 0.29) is 5.92 Å². The molecule has 4 heteroatoms. The molecule has 1 N–H and O–H groups in total. The van der Waals surface area contributed by atoms with Gasteiger partial charge in [-0.15, -0.1) is 0 Å². The van der Waals surface area contributed by atoms with Crippen molar-refractivity contribution in [1.29, 1.82) is 0 Å². The van der Waals surface area contributed by atoms with E-state index in [1.165, 1.54) is 0 Å². The molecule has 2 aliphatic rings. The molecule has 2 aromatic rings. The summed E-state index contributed by atoms with van der Waals surface area (Å²) in [6.45, 7) is 4.49. The Morgan fingerprint density at radius 2 is 1.72 bits per heavy atom. The smallest absolute Gasteiger partial charge is 0.225 e. The topological polar surface area (TPSA) is 43.8 Å². The maximum Gasteiger partial charge on any atom is 0.225 e. The number of likely N-dealkylation sites (tertiary alicyclic amines) is 2. The van der Waals surface area contributed by atoms with Gasteiger partial charge in [0.15, 0.2) is 0 Å². The minimum absolute atomic E-state index is 0.190. The summed E-state index contributed by atoms with van der Waals surface area (Å²) in [5.41, 5.74) is 1.00. The predicted molar refractivity (Wildman–Crippen MR) is 99.4 cm³/mol. The fourth-order valence-electron chi connectivity index (χ4n) is 4.25. The van der Waals surface area contributed by atoms with E-state index in [2.05, 4.69) is 21.9 Å².